The molecule has 1 rings (SSSR count). The zero-order valence-corrected chi connectivity index (χ0v) is 14.1. The Bertz CT molecular complexity index is 502. The van der Waals surface area contributed by atoms with Crippen LogP contribution in [0.2, 0.25) is 0 Å². The van der Waals surface area contributed by atoms with Gasteiger partial charge in [0.15, 0.2) is 6.61 Å². The fraction of sp³-hybridized carbons (Fsp3) is 0.467. The first-order valence-electron chi connectivity index (χ1n) is 6.68. The van der Waals surface area contributed by atoms with E-state index >= 15 is 0 Å². The van der Waals surface area contributed by atoms with Crippen molar-refractivity contribution in [3.8, 4) is 5.75 Å². The van der Waals surface area contributed by atoms with Crippen molar-refractivity contribution in [3.63, 3.8) is 0 Å². The molecule has 0 atom stereocenters. The zero-order chi connectivity index (χ0) is 15.8. The molecule has 0 heterocycles. The van der Waals surface area contributed by atoms with Gasteiger partial charge in [0.05, 0.1) is 12.2 Å². The predicted octanol–water partition coefficient (Wildman–Crippen LogP) is 2.27. The van der Waals surface area contributed by atoms with Crippen LogP contribution in [0.1, 0.15) is 22.8 Å². The minimum Gasteiger partial charge on any atom is -0.481 e. The van der Waals surface area contributed by atoms with Crippen LogP contribution < -0.4 is 4.74 Å². The summed E-state index contributed by atoms with van der Waals surface area (Å²) in [5.41, 5.74) is 1.48. The number of rotatable bonds is 7. The fourth-order valence-electron chi connectivity index (χ4n) is 1.71. The smallest absolute Gasteiger partial charge is 0.344 e. The Hall–Kier alpha value is -1.56. The number of ether oxygens (including phenoxy) is 2. The molecule has 0 bridgehead atoms. The van der Waals surface area contributed by atoms with Crippen molar-refractivity contribution in [2.75, 3.05) is 32.6 Å². The van der Waals surface area contributed by atoms with Gasteiger partial charge in [-0.05, 0) is 31.0 Å². The lowest BCUT2D eigenvalue weighted by atomic mass is 10.1. The molecule has 0 N–H and O–H groups in total. The lowest BCUT2D eigenvalue weighted by molar-refractivity contribution is -0.145. The molecule has 1 aromatic rings. The van der Waals surface area contributed by atoms with Gasteiger partial charge in [-0.15, -0.1) is 0 Å². The van der Waals surface area contributed by atoms with Gasteiger partial charge in [0, 0.05) is 19.4 Å². The maximum absolute atomic E-state index is 12.2. The van der Waals surface area contributed by atoms with Crippen molar-refractivity contribution >= 4 is 27.8 Å². The maximum atomic E-state index is 12.2. The van der Waals surface area contributed by atoms with Crippen LogP contribution in [0.25, 0.3) is 0 Å². The Morgan fingerprint density at radius 3 is 2.57 bits per heavy atom. The van der Waals surface area contributed by atoms with Gasteiger partial charge in [0.2, 0.25) is 0 Å². The number of hydrogen-bond donors (Lipinski definition) is 0. The number of amides is 1. The van der Waals surface area contributed by atoms with E-state index in [4.69, 9.17) is 9.47 Å². The molecule has 1 aromatic carbocycles. The normalized spacial score (nSPS) is 10.1. The van der Waals surface area contributed by atoms with Crippen molar-refractivity contribution in [1.29, 1.82) is 0 Å². The number of alkyl halides is 1. The first kappa shape index (κ1) is 17.5. The third kappa shape index (κ3) is 5.38. The second kappa shape index (κ2) is 8.67. The predicted molar refractivity (Wildman–Crippen MR) is 84.1 cm³/mol. The van der Waals surface area contributed by atoms with E-state index in [0.717, 1.165) is 17.3 Å². The third-order valence-corrected chi connectivity index (χ3v) is 3.11. The fourth-order valence-corrected chi connectivity index (χ4v) is 2.17. The summed E-state index contributed by atoms with van der Waals surface area (Å²) in [6.07, 6.45) is 0.811. The molecule has 0 aliphatic carbocycles. The SMILES string of the molecule is CCOC(=O)COc1ccc(CCBr)cc1C(=O)N(C)C. The molecular formula is C15H20BrNO4. The molecule has 0 radical (unpaired) electrons. The van der Waals surface area contributed by atoms with Gasteiger partial charge in [-0.1, -0.05) is 22.0 Å². The first-order valence-corrected chi connectivity index (χ1v) is 7.80. The summed E-state index contributed by atoms with van der Waals surface area (Å²) < 4.78 is 10.2. The molecule has 0 fully saturated rings. The summed E-state index contributed by atoms with van der Waals surface area (Å²) in [5.74, 6) is -0.226. The summed E-state index contributed by atoms with van der Waals surface area (Å²) in [4.78, 5) is 25.0. The van der Waals surface area contributed by atoms with Crippen molar-refractivity contribution in [1.82, 2.24) is 4.90 Å². The highest BCUT2D eigenvalue weighted by molar-refractivity contribution is 9.09. The topological polar surface area (TPSA) is 55.8 Å². The van der Waals surface area contributed by atoms with Gasteiger partial charge in [-0.3, -0.25) is 4.79 Å². The van der Waals surface area contributed by atoms with Crippen molar-refractivity contribution in [2.24, 2.45) is 0 Å². The summed E-state index contributed by atoms with van der Waals surface area (Å²) in [5, 5.41) is 0.811. The van der Waals surface area contributed by atoms with Crippen LogP contribution in [-0.2, 0) is 16.0 Å². The number of aryl methyl sites for hydroxylation is 1. The Labute approximate surface area is 133 Å². The van der Waals surface area contributed by atoms with E-state index in [1.807, 2.05) is 6.07 Å². The van der Waals surface area contributed by atoms with Crippen molar-refractivity contribution in [2.45, 2.75) is 13.3 Å². The van der Waals surface area contributed by atoms with E-state index in [9.17, 15) is 9.59 Å². The van der Waals surface area contributed by atoms with Crippen LogP contribution >= 0.6 is 15.9 Å². The number of carbonyl (C=O) groups excluding carboxylic acids is 2. The molecule has 21 heavy (non-hydrogen) atoms. The van der Waals surface area contributed by atoms with Crippen LogP contribution in [0.4, 0.5) is 0 Å². The largest absolute Gasteiger partial charge is 0.481 e. The average molecular weight is 358 g/mol. The molecule has 6 heteroatoms. The standard InChI is InChI=1S/C15H20BrNO4/c1-4-20-14(18)10-21-13-6-5-11(7-8-16)9-12(13)15(19)17(2)3/h5-6,9H,4,7-8,10H2,1-3H3. The molecular weight excluding hydrogens is 338 g/mol. The van der Waals surface area contributed by atoms with Crippen LogP contribution in [0, 0.1) is 0 Å². The minimum absolute atomic E-state index is 0.162. The van der Waals surface area contributed by atoms with E-state index < -0.39 is 5.97 Å². The number of nitrogens with zero attached hydrogens (tertiary/aromatic N) is 1. The van der Waals surface area contributed by atoms with E-state index in [-0.39, 0.29) is 12.5 Å². The zero-order valence-electron chi connectivity index (χ0n) is 12.5. The molecule has 0 aromatic heterocycles. The van der Waals surface area contributed by atoms with E-state index in [0.29, 0.717) is 17.9 Å². The highest BCUT2D eigenvalue weighted by Gasteiger charge is 2.16. The maximum Gasteiger partial charge on any atom is 0.344 e. The van der Waals surface area contributed by atoms with Gasteiger partial charge in [0.1, 0.15) is 5.75 Å². The number of halogens is 1. The van der Waals surface area contributed by atoms with E-state index in [1.165, 1.54) is 4.90 Å². The van der Waals surface area contributed by atoms with Gasteiger partial charge in [-0.2, -0.15) is 0 Å². The molecule has 0 unspecified atom stereocenters. The average Bonchev–Trinajstić information content (AvgIpc) is 2.45. The Balaban J connectivity index is 2.95. The van der Waals surface area contributed by atoms with Gasteiger partial charge < -0.3 is 14.4 Å². The van der Waals surface area contributed by atoms with Gasteiger partial charge >= 0.3 is 5.97 Å². The quantitative estimate of drug-likeness (QED) is 0.554. The van der Waals surface area contributed by atoms with Crippen LogP contribution in [0.15, 0.2) is 18.2 Å². The summed E-state index contributed by atoms with van der Waals surface area (Å²) in [6, 6.07) is 5.40. The second-order valence-corrected chi connectivity index (χ2v) is 5.36. The molecule has 116 valence electrons. The highest BCUT2D eigenvalue weighted by Crippen LogP contribution is 2.22. The van der Waals surface area contributed by atoms with Crippen LogP contribution in [0.5, 0.6) is 5.75 Å². The summed E-state index contributed by atoms with van der Waals surface area (Å²) in [6.45, 7) is 1.82. The number of carbonyl (C=O) groups is 2. The number of esters is 1. The number of benzene rings is 1. The Kier molecular flexibility index (Phi) is 7.22. The molecule has 5 nitrogen and oxygen atoms in total. The van der Waals surface area contributed by atoms with Gasteiger partial charge in [-0.25, -0.2) is 4.79 Å². The first-order chi connectivity index (χ1) is 9.99. The molecule has 0 saturated heterocycles. The second-order valence-electron chi connectivity index (χ2n) is 4.56. The Morgan fingerprint density at radius 1 is 1.29 bits per heavy atom. The molecule has 0 spiro atoms. The third-order valence-electron chi connectivity index (χ3n) is 2.71. The molecule has 0 aliphatic heterocycles. The van der Waals surface area contributed by atoms with E-state index in [1.54, 1.807) is 33.2 Å². The lowest BCUT2D eigenvalue weighted by Gasteiger charge is -2.15. The number of hydrogen-bond acceptors (Lipinski definition) is 4. The van der Waals surface area contributed by atoms with Crippen molar-refractivity contribution < 1.29 is 19.1 Å². The molecule has 0 saturated carbocycles. The monoisotopic (exact) mass is 357 g/mol. The van der Waals surface area contributed by atoms with E-state index in [2.05, 4.69) is 15.9 Å². The minimum atomic E-state index is -0.453. The molecule has 1 amide bonds. The molecule has 0 aliphatic rings. The highest BCUT2D eigenvalue weighted by atomic mass is 79.9. The van der Waals surface area contributed by atoms with Crippen molar-refractivity contribution in [3.05, 3.63) is 29.3 Å². The lowest BCUT2D eigenvalue weighted by Crippen LogP contribution is -2.23. The Morgan fingerprint density at radius 2 is 2.00 bits per heavy atom. The van der Waals surface area contributed by atoms with Crippen LogP contribution in [-0.4, -0.2) is 49.4 Å². The van der Waals surface area contributed by atoms with Crippen LogP contribution in [0.3, 0.4) is 0 Å². The summed E-state index contributed by atoms with van der Waals surface area (Å²) in [7, 11) is 3.35. The summed E-state index contributed by atoms with van der Waals surface area (Å²) >= 11 is 3.37. The van der Waals surface area contributed by atoms with Gasteiger partial charge in [0.25, 0.3) is 5.91 Å².